The Hall–Kier alpha value is -9.00. The van der Waals surface area contributed by atoms with Crippen LogP contribution < -0.4 is 29.4 Å². The highest BCUT2D eigenvalue weighted by molar-refractivity contribution is 6.32. The average molecular weight is 1390 g/mol. The Morgan fingerprint density at radius 2 is 0.521 bits per heavy atom. The van der Waals surface area contributed by atoms with E-state index in [1.165, 1.54) is 0 Å². The highest BCUT2D eigenvalue weighted by Crippen LogP contribution is 2.54. The molecule has 0 saturated carbocycles. The summed E-state index contributed by atoms with van der Waals surface area (Å²) in [7, 11) is 0. The normalized spacial score (nSPS) is 20.5. The maximum atomic E-state index is 14.0. The van der Waals surface area contributed by atoms with Gasteiger partial charge < -0.3 is 0 Å². The molecule has 0 spiro atoms. The molecule has 6 amide bonds. The molecule has 96 heavy (non-hydrogen) atoms. The SMILES string of the molecule is [C-]#[N+]c1cccc([C@@H]2N(c3ccc(Cl)cc3)C(=O)N(c3ccc(Cl)cc3)[C@@]2(C)CCC)c1.[C-]#[N+]c1cccc([C@@H]2N(c3ccc(Cl)cc3)C(=O)N(c3ccc(Cl)cc3)[C@]2(C)CCC)c1.[C-]#[N+]c1cccc([C@H]2N(c3ccc(Cl)cc3)C(=O)N(c3ccc(Cl)cc3)[C@@]2(C)CCC)c1. The average Bonchev–Trinajstić information content (AvgIpc) is 1.58. The second kappa shape index (κ2) is 30.0. The summed E-state index contributed by atoms with van der Waals surface area (Å²) in [4.78, 5) is 64.0. The Balaban J connectivity index is 0.000000157. The third-order valence-corrected chi connectivity index (χ3v) is 19.6. The Labute approximate surface area is 592 Å². The van der Waals surface area contributed by atoms with Crippen LogP contribution in [0.1, 0.15) is 115 Å². The summed E-state index contributed by atoms with van der Waals surface area (Å²) in [5.41, 5.74) is 7.41. The summed E-state index contributed by atoms with van der Waals surface area (Å²) in [6.07, 6.45) is 5.00. The molecule has 6 atom stereocenters. The van der Waals surface area contributed by atoms with E-state index >= 15 is 0 Å². The van der Waals surface area contributed by atoms with E-state index in [4.69, 9.17) is 89.3 Å². The summed E-state index contributed by atoms with van der Waals surface area (Å²) in [6.45, 7) is 35.1. The standard InChI is InChI=1S/3C26H23Cl2N3O/c3*1-4-16-26(2)24(18-6-5-7-21(17-18)29-3)30(22-12-8-19(27)9-13-22)25(32)31(26)23-14-10-20(28)11-15-23/h3*5-15,17,24H,4,16H2,1-2H3/t2*24-,26+;24-,26-/m100/s1. The van der Waals surface area contributed by atoms with Crippen LogP contribution in [0.15, 0.2) is 218 Å². The minimum atomic E-state index is -0.556. The van der Waals surface area contributed by atoms with E-state index in [0.717, 1.165) is 89.3 Å². The second-order valence-corrected chi connectivity index (χ2v) is 27.1. The molecular formula is C78H69Cl6N9O3. The maximum absolute atomic E-state index is 14.0. The first-order chi connectivity index (χ1) is 46.2. The molecule has 0 radical (unpaired) electrons. The van der Waals surface area contributed by atoms with E-state index in [1.807, 2.05) is 157 Å². The number of carbonyl (C=O) groups excluding carboxylic acids is 3. The zero-order chi connectivity index (χ0) is 68.6. The van der Waals surface area contributed by atoms with Gasteiger partial charge in [-0.15, -0.1) is 0 Å². The number of nitrogens with zero attached hydrogens (tertiary/aromatic N) is 9. The van der Waals surface area contributed by atoms with Gasteiger partial charge in [0.15, 0.2) is 17.1 Å². The number of amides is 6. The lowest BCUT2D eigenvalue weighted by atomic mass is 9.82. The first-order valence-corrected chi connectivity index (χ1v) is 33.8. The number of hydrogen-bond donors (Lipinski definition) is 0. The third kappa shape index (κ3) is 14.0. The molecule has 9 aromatic carbocycles. The number of rotatable bonds is 15. The van der Waals surface area contributed by atoms with Crippen molar-refractivity contribution in [2.75, 3.05) is 29.4 Å². The third-order valence-electron chi connectivity index (χ3n) is 18.0. The highest BCUT2D eigenvalue weighted by atomic mass is 35.5. The lowest BCUT2D eigenvalue weighted by Crippen LogP contribution is -2.46. The van der Waals surface area contributed by atoms with Crippen LogP contribution in [0.4, 0.5) is 65.6 Å². The smallest absolute Gasteiger partial charge is 0.286 e. The molecule has 3 saturated heterocycles. The van der Waals surface area contributed by atoms with Crippen molar-refractivity contribution in [2.24, 2.45) is 0 Å². The van der Waals surface area contributed by atoms with Crippen LogP contribution in [0.3, 0.4) is 0 Å². The van der Waals surface area contributed by atoms with Crippen LogP contribution in [0, 0.1) is 19.7 Å². The molecule has 486 valence electrons. The van der Waals surface area contributed by atoms with Crippen molar-refractivity contribution in [2.45, 2.75) is 115 Å². The number of benzene rings is 9. The molecule has 3 heterocycles. The maximum Gasteiger partial charge on any atom is 0.330 e. The van der Waals surface area contributed by atoms with E-state index in [1.54, 1.807) is 91.0 Å². The van der Waals surface area contributed by atoms with E-state index in [9.17, 15) is 14.4 Å². The van der Waals surface area contributed by atoms with Crippen molar-refractivity contribution in [1.82, 2.24) is 0 Å². The summed E-state index contributed by atoms with van der Waals surface area (Å²) >= 11 is 36.8. The summed E-state index contributed by atoms with van der Waals surface area (Å²) < 4.78 is 0. The Bertz CT molecular complexity index is 3960. The number of halogens is 6. The van der Waals surface area contributed by atoms with Gasteiger partial charge in [-0.05, 0) is 202 Å². The van der Waals surface area contributed by atoms with Gasteiger partial charge in [0.2, 0.25) is 0 Å². The molecule has 0 aromatic heterocycles. The van der Waals surface area contributed by atoms with Gasteiger partial charge >= 0.3 is 18.1 Å². The highest BCUT2D eigenvalue weighted by Gasteiger charge is 2.58. The molecule has 9 aromatic rings. The Morgan fingerprint density at radius 3 is 0.708 bits per heavy atom. The molecule has 0 unspecified atom stereocenters. The zero-order valence-electron chi connectivity index (χ0n) is 53.8. The van der Waals surface area contributed by atoms with Gasteiger partial charge in [-0.2, -0.15) is 0 Å². The van der Waals surface area contributed by atoms with E-state index in [0.29, 0.717) is 47.2 Å². The molecule has 3 aliphatic heterocycles. The molecular weight excluding hydrogens is 1320 g/mol. The van der Waals surface area contributed by atoms with Crippen LogP contribution in [0.25, 0.3) is 14.5 Å². The number of carbonyl (C=O) groups is 3. The van der Waals surface area contributed by atoms with Crippen molar-refractivity contribution >= 4 is 139 Å². The van der Waals surface area contributed by atoms with Crippen molar-refractivity contribution < 1.29 is 14.4 Å². The van der Waals surface area contributed by atoms with E-state index in [-0.39, 0.29) is 36.2 Å². The molecule has 0 bridgehead atoms. The van der Waals surface area contributed by atoms with Gasteiger partial charge in [0, 0.05) is 64.3 Å². The minimum Gasteiger partial charge on any atom is -0.286 e. The van der Waals surface area contributed by atoms with Crippen LogP contribution >= 0.6 is 69.6 Å². The monoisotopic (exact) mass is 1390 g/mol. The summed E-state index contributed by atoms with van der Waals surface area (Å²) in [5, 5.41) is 3.68. The van der Waals surface area contributed by atoms with Crippen LogP contribution in [0.2, 0.25) is 30.1 Å². The molecule has 0 aliphatic carbocycles. The summed E-state index contributed by atoms with van der Waals surface area (Å²) in [5.74, 6) is 0. The second-order valence-electron chi connectivity index (χ2n) is 24.5. The molecule has 12 nitrogen and oxygen atoms in total. The van der Waals surface area contributed by atoms with Gasteiger partial charge in [-0.25, -0.2) is 28.9 Å². The van der Waals surface area contributed by atoms with E-state index in [2.05, 4.69) is 56.1 Å². The predicted octanol–water partition coefficient (Wildman–Crippen LogP) is 24.9. The minimum absolute atomic E-state index is 0.121. The van der Waals surface area contributed by atoms with Gasteiger partial charge in [0.05, 0.1) is 54.5 Å². The lowest BCUT2D eigenvalue weighted by Gasteiger charge is -2.39. The molecule has 0 N–H and O–H groups in total. The molecule has 12 rings (SSSR count). The first kappa shape index (κ1) is 69.8. The Morgan fingerprint density at radius 1 is 0.323 bits per heavy atom. The van der Waals surface area contributed by atoms with Gasteiger partial charge in [0.1, 0.15) is 0 Å². The van der Waals surface area contributed by atoms with Crippen molar-refractivity contribution in [3.63, 3.8) is 0 Å². The fourth-order valence-corrected chi connectivity index (χ4v) is 14.9. The predicted molar refractivity (Wildman–Crippen MR) is 396 cm³/mol. The number of anilines is 6. The van der Waals surface area contributed by atoms with Crippen LogP contribution in [0.5, 0.6) is 0 Å². The zero-order valence-corrected chi connectivity index (χ0v) is 58.3. The number of urea groups is 3. The fraction of sp³-hybridized carbons (Fsp3) is 0.231. The van der Waals surface area contributed by atoms with Gasteiger partial charge in [-0.1, -0.05) is 182 Å². The largest absolute Gasteiger partial charge is 0.330 e. The topological polar surface area (TPSA) is 83.7 Å². The molecule has 3 aliphatic rings. The lowest BCUT2D eigenvalue weighted by molar-refractivity contribution is 0.253. The van der Waals surface area contributed by atoms with Crippen LogP contribution in [-0.4, -0.2) is 34.7 Å². The number of hydrogen-bond acceptors (Lipinski definition) is 3. The summed E-state index contributed by atoms with van der Waals surface area (Å²) in [6, 6.07) is 65.4. The van der Waals surface area contributed by atoms with Crippen molar-refractivity contribution in [3.8, 4) is 0 Å². The quantitative estimate of drug-likeness (QED) is 0.0959. The first-order valence-electron chi connectivity index (χ1n) is 31.5. The van der Waals surface area contributed by atoms with Crippen LogP contribution in [-0.2, 0) is 0 Å². The van der Waals surface area contributed by atoms with E-state index < -0.39 is 16.6 Å². The van der Waals surface area contributed by atoms with Crippen molar-refractivity contribution in [1.29, 1.82) is 0 Å². The molecule has 3 fully saturated rings. The van der Waals surface area contributed by atoms with Gasteiger partial charge in [-0.3, -0.25) is 29.4 Å². The Kier molecular flexibility index (Phi) is 21.8. The molecule has 18 heteroatoms. The van der Waals surface area contributed by atoms with Crippen molar-refractivity contribution in [3.05, 3.63) is 299 Å². The van der Waals surface area contributed by atoms with Gasteiger partial charge in [0.25, 0.3) is 0 Å². The fourth-order valence-electron chi connectivity index (χ4n) is 14.2.